The Morgan fingerprint density at radius 2 is 1.00 bits per heavy atom. The molecule has 0 atom stereocenters. The largest absolute Gasteiger partial charge is 2.00 e. The molecule has 0 fully saturated rings. The minimum Gasteiger partial charge on any atom is -0.748 e. The third-order valence-corrected chi connectivity index (χ3v) is 7.45. The molecule has 0 heterocycles. The molecule has 4 nitrogen and oxygen atoms in total. The number of nitrogens with two attached hydrogens (primary N) is 1. The van der Waals surface area contributed by atoms with Crippen LogP contribution in [0.5, 0.6) is 0 Å². The van der Waals surface area contributed by atoms with E-state index in [1.165, 1.54) is 15.9 Å². The van der Waals surface area contributed by atoms with Gasteiger partial charge in [-0.25, -0.2) is 8.42 Å². The molecule has 38 heavy (non-hydrogen) atoms. The number of hydrogen-bond donors (Lipinski definition) is 1. The zero-order valence-corrected chi connectivity index (χ0v) is 24.0. The molecule has 0 radical (unpaired) electrons. The molecule has 2 N–H and O–H groups in total. The molecule has 5 aromatic rings. The van der Waals surface area contributed by atoms with Crippen LogP contribution in [0, 0.1) is 6.07 Å². The van der Waals surface area contributed by atoms with Crippen LogP contribution in [0.15, 0.2) is 140 Å². The summed E-state index contributed by atoms with van der Waals surface area (Å²) in [6.45, 7) is 0. The number of rotatable bonds is 4. The van der Waals surface area contributed by atoms with Crippen molar-refractivity contribution in [3.63, 3.8) is 0 Å². The molecule has 0 amide bonds. The van der Waals surface area contributed by atoms with Crippen molar-refractivity contribution in [3.05, 3.63) is 146 Å². The SMILES string of the molecule is CS(=O)(=O)[O-].Nc1ccccc1-c1[c-]cccc1.[Pd+2].c1ccc(P(c2ccccc2)c2ccccc2)cc1. The van der Waals surface area contributed by atoms with Crippen LogP contribution in [0.1, 0.15) is 0 Å². The van der Waals surface area contributed by atoms with Crippen LogP contribution >= 0.6 is 7.92 Å². The Kier molecular flexibility index (Phi) is 13.1. The minimum absolute atomic E-state index is 0. The van der Waals surface area contributed by atoms with E-state index in [0.29, 0.717) is 6.26 Å². The summed E-state index contributed by atoms with van der Waals surface area (Å²) >= 11 is 0. The van der Waals surface area contributed by atoms with Gasteiger partial charge in [-0.1, -0.05) is 115 Å². The first-order valence-corrected chi connectivity index (χ1v) is 14.7. The maximum absolute atomic E-state index is 9.08. The smallest absolute Gasteiger partial charge is 0.748 e. The summed E-state index contributed by atoms with van der Waals surface area (Å²) in [5.74, 6) is 0. The zero-order valence-electron chi connectivity index (χ0n) is 20.8. The molecule has 0 saturated carbocycles. The van der Waals surface area contributed by atoms with E-state index >= 15 is 0 Å². The van der Waals surface area contributed by atoms with Gasteiger partial charge >= 0.3 is 20.4 Å². The van der Waals surface area contributed by atoms with Gasteiger partial charge in [0.25, 0.3) is 0 Å². The number of benzene rings is 5. The van der Waals surface area contributed by atoms with Gasteiger partial charge in [-0.2, -0.15) is 0 Å². The van der Waals surface area contributed by atoms with Gasteiger partial charge in [-0.15, -0.1) is 35.9 Å². The summed E-state index contributed by atoms with van der Waals surface area (Å²) in [4.78, 5) is 0. The summed E-state index contributed by atoms with van der Waals surface area (Å²) in [6.07, 6.45) is 0.604. The van der Waals surface area contributed by atoms with Crippen LogP contribution in [0.3, 0.4) is 0 Å². The molecule has 0 saturated heterocycles. The van der Waals surface area contributed by atoms with Crippen molar-refractivity contribution in [2.75, 3.05) is 12.0 Å². The van der Waals surface area contributed by atoms with E-state index in [2.05, 4.69) is 97.1 Å². The van der Waals surface area contributed by atoms with Crippen molar-refractivity contribution in [3.8, 4) is 11.1 Å². The summed E-state index contributed by atoms with van der Waals surface area (Å²) in [7, 11) is -4.36. The van der Waals surface area contributed by atoms with E-state index in [1.807, 2.05) is 48.5 Å². The quantitative estimate of drug-likeness (QED) is 0.0955. The third-order valence-electron chi connectivity index (χ3n) is 5.00. The van der Waals surface area contributed by atoms with Crippen LogP contribution in [0.25, 0.3) is 11.1 Å². The Hall–Kier alpha value is -3.10. The molecule has 5 rings (SSSR count). The Balaban J connectivity index is 0.000000232. The number of anilines is 1. The molecule has 0 unspecified atom stereocenters. The number of nitrogen functional groups attached to an aromatic ring is 1. The molecule has 196 valence electrons. The predicted octanol–water partition coefficient (Wildman–Crippen LogP) is 5.34. The average Bonchev–Trinajstić information content (AvgIpc) is 2.91. The van der Waals surface area contributed by atoms with Crippen LogP contribution in [0.4, 0.5) is 5.69 Å². The molecule has 0 aliphatic carbocycles. The van der Waals surface area contributed by atoms with Gasteiger partial charge in [0.2, 0.25) is 0 Å². The molecule has 7 heteroatoms. The van der Waals surface area contributed by atoms with Gasteiger partial charge in [0.05, 0.1) is 10.1 Å². The van der Waals surface area contributed by atoms with Crippen molar-refractivity contribution in [2.24, 2.45) is 0 Å². The maximum atomic E-state index is 9.08. The average molecular weight is 632 g/mol. The predicted molar refractivity (Wildman–Crippen MR) is 156 cm³/mol. The molecule has 0 spiro atoms. The van der Waals surface area contributed by atoms with E-state index < -0.39 is 18.0 Å². The molecule has 5 aromatic carbocycles. The second kappa shape index (κ2) is 16.0. The van der Waals surface area contributed by atoms with Gasteiger partial charge in [0.15, 0.2) is 0 Å². The minimum atomic E-state index is -3.92. The third kappa shape index (κ3) is 10.7. The van der Waals surface area contributed by atoms with Crippen molar-refractivity contribution in [2.45, 2.75) is 0 Å². The van der Waals surface area contributed by atoms with Gasteiger partial charge in [-0.05, 0) is 35.6 Å². The fraction of sp³-hybridized carbons (Fsp3) is 0.0323. The first-order chi connectivity index (χ1) is 17.8. The van der Waals surface area contributed by atoms with Crippen molar-refractivity contribution in [1.82, 2.24) is 0 Å². The van der Waals surface area contributed by atoms with Crippen molar-refractivity contribution in [1.29, 1.82) is 0 Å². The summed E-state index contributed by atoms with van der Waals surface area (Å²) < 4.78 is 27.2. The summed E-state index contributed by atoms with van der Waals surface area (Å²) in [5.41, 5.74) is 8.72. The second-order valence-electron chi connectivity index (χ2n) is 7.91. The van der Waals surface area contributed by atoms with E-state index in [1.54, 1.807) is 0 Å². The van der Waals surface area contributed by atoms with Gasteiger partial charge < -0.3 is 10.3 Å². The number of hydrogen-bond acceptors (Lipinski definition) is 4. The molecule has 0 aromatic heterocycles. The zero-order chi connectivity index (χ0) is 26.5. The molecule has 0 aliphatic rings. The van der Waals surface area contributed by atoms with Gasteiger partial charge in [0.1, 0.15) is 0 Å². The number of para-hydroxylation sites is 1. The first-order valence-electron chi connectivity index (χ1n) is 11.5. The van der Waals surface area contributed by atoms with Crippen LogP contribution < -0.4 is 21.6 Å². The Labute approximate surface area is 240 Å². The monoisotopic (exact) mass is 631 g/mol. The fourth-order valence-corrected chi connectivity index (χ4v) is 5.79. The molecule has 0 bridgehead atoms. The van der Waals surface area contributed by atoms with E-state index in [9.17, 15) is 0 Å². The topological polar surface area (TPSA) is 83.2 Å². The normalized spacial score (nSPS) is 10.2. The van der Waals surface area contributed by atoms with Crippen LogP contribution in [-0.2, 0) is 30.5 Å². The molecule has 0 aliphatic heterocycles. The standard InChI is InChI=1S/C18H15P.C12H10N.CH4O3S.Pd/c1-4-10-16(11-5-1)19(17-12-6-2-7-13-17)18-14-8-3-9-15-18;13-12-9-5-4-8-11(12)10-6-2-1-3-7-10;1-5(2,3)4;/h1-15H;1-6,8-9H,13H2;1H3,(H,2,3,4);/q;-1;;+2/p-1. The Morgan fingerprint density at radius 3 is 1.37 bits per heavy atom. The van der Waals surface area contributed by atoms with E-state index in [0.717, 1.165) is 16.8 Å². The molecular formula is C31H28NO3PPdS. The maximum Gasteiger partial charge on any atom is 2.00 e. The van der Waals surface area contributed by atoms with Crippen LogP contribution in [0.2, 0.25) is 0 Å². The van der Waals surface area contributed by atoms with Gasteiger partial charge in [0, 0.05) is 6.26 Å². The fourth-order valence-electron chi connectivity index (χ4n) is 3.48. The van der Waals surface area contributed by atoms with Crippen molar-refractivity contribution >= 4 is 39.6 Å². The Bertz CT molecular complexity index is 1350. The summed E-state index contributed by atoms with van der Waals surface area (Å²) in [6, 6.07) is 51.1. The Morgan fingerprint density at radius 1 is 0.632 bits per heavy atom. The van der Waals surface area contributed by atoms with E-state index in [-0.39, 0.29) is 20.4 Å². The molecular weight excluding hydrogens is 604 g/mol. The first kappa shape index (κ1) is 31.1. The van der Waals surface area contributed by atoms with E-state index in [4.69, 9.17) is 18.7 Å². The summed E-state index contributed by atoms with van der Waals surface area (Å²) in [5, 5.41) is 4.19. The van der Waals surface area contributed by atoms with Crippen molar-refractivity contribution < 1.29 is 33.4 Å². The second-order valence-corrected chi connectivity index (χ2v) is 11.5. The van der Waals surface area contributed by atoms with Crippen LogP contribution in [-0.4, -0.2) is 19.2 Å². The van der Waals surface area contributed by atoms with Gasteiger partial charge in [-0.3, -0.25) is 0 Å².